The van der Waals surface area contributed by atoms with E-state index in [-0.39, 0.29) is 11.8 Å². The average Bonchev–Trinajstić information content (AvgIpc) is 3.32. The Bertz CT molecular complexity index is 1250. The fraction of sp³-hybridized carbons (Fsp3) is 0.429. The Labute approximate surface area is 223 Å². The summed E-state index contributed by atoms with van der Waals surface area (Å²) in [7, 11) is 0. The van der Waals surface area contributed by atoms with E-state index in [4.69, 9.17) is 11.6 Å². The second kappa shape index (κ2) is 10.5. The molecule has 1 aromatic carbocycles. The fourth-order valence-corrected chi connectivity index (χ4v) is 5.46. The third kappa shape index (κ3) is 5.49. The minimum absolute atomic E-state index is 0.0970. The van der Waals surface area contributed by atoms with E-state index in [0.717, 1.165) is 42.9 Å². The number of nitrogens with zero attached hydrogens (tertiary/aromatic N) is 5. The van der Waals surface area contributed by atoms with Crippen molar-refractivity contribution in [3.63, 3.8) is 0 Å². The van der Waals surface area contributed by atoms with Crippen LogP contribution < -0.4 is 10.2 Å². The van der Waals surface area contributed by atoms with E-state index in [1.165, 1.54) is 0 Å². The Balaban J connectivity index is 1.25. The van der Waals surface area contributed by atoms with Crippen molar-refractivity contribution in [2.75, 3.05) is 44.2 Å². The van der Waals surface area contributed by atoms with Gasteiger partial charge in [0.2, 0.25) is 0 Å². The average molecular weight is 521 g/mol. The number of nitrogens with one attached hydrogen (secondary N) is 1. The van der Waals surface area contributed by atoms with Crippen molar-refractivity contribution in [3.8, 4) is 0 Å². The number of pyridine rings is 1. The number of hydrogen-bond donors (Lipinski definition) is 1. The van der Waals surface area contributed by atoms with Crippen LogP contribution in [0.15, 0.2) is 53.7 Å². The van der Waals surface area contributed by atoms with Crippen LogP contribution in [0, 0.1) is 0 Å². The van der Waals surface area contributed by atoms with Gasteiger partial charge in [-0.05, 0) is 68.5 Å². The summed E-state index contributed by atoms with van der Waals surface area (Å²) in [5.74, 6) is 0.930. The monoisotopic (exact) mass is 520 g/mol. The number of rotatable bonds is 4. The van der Waals surface area contributed by atoms with Gasteiger partial charge in [-0.25, -0.2) is 4.98 Å². The molecule has 0 atom stereocenters. The fourth-order valence-electron chi connectivity index (χ4n) is 5.27. The van der Waals surface area contributed by atoms with Crippen molar-refractivity contribution >= 4 is 40.6 Å². The minimum Gasteiger partial charge on any atom is -0.357 e. The molecule has 9 heteroatoms. The molecule has 2 saturated heterocycles. The van der Waals surface area contributed by atoms with Crippen molar-refractivity contribution in [1.29, 1.82) is 0 Å². The Kier molecular flexibility index (Phi) is 7.20. The molecule has 194 valence electrons. The van der Waals surface area contributed by atoms with Crippen LogP contribution in [0.25, 0.3) is 5.57 Å². The Hall–Kier alpha value is -3.39. The van der Waals surface area contributed by atoms with Gasteiger partial charge in [0.15, 0.2) is 5.84 Å². The lowest BCUT2D eigenvalue weighted by atomic mass is 9.98. The van der Waals surface area contributed by atoms with Gasteiger partial charge in [-0.15, -0.1) is 0 Å². The number of aliphatic imine (C=N–C) groups is 1. The van der Waals surface area contributed by atoms with Crippen molar-refractivity contribution in [1.82, 2.24) is 20.1 Å². The molecule has 3 aliphatic heterocycles. The summed E-state index contributed by atoms with van der Waals surface area (Å²) in [5.41, 5.74) is 1.95. The first kappa shape index (κ1) is 25.3. The summed E-state index contributed by atoms with van der Waals surface area (Å²) in [6, 6.07) is 13.3. The van der Waals surface area contributed by atoms with Crippen molar-refractivity contribution < 1.29 is 9.59 Å². The molecule has 2 amide bonds. The molecule has 0 saturated carbocycles. The van der Waals surface area contributed by atoms with E-state index in [2.05, 4.69) is 20.2 Å². The topological polar surface area (TPSA) is 81.1 Å². The van der Waals surface area contributed by atoms with Crippen LogP contribution in [0.3, 0.4) is 0 Å². The maximum atomic E-state index is 13.5. The lowest BCUT2D eigenvalue weighted by Gasteiger charge is -2.47. The first-order chi connectivity index (χ1) is 17.8. The number of benzene rings is 1. The quantitative estimate of drug-likeness (QED) is 0.662. The second-order valence-electron chi connectivity index (χ2n) is 10.4. The SMILES string of the molecule is CC1(C)CN(C(=O)c2cccc(N3CCCC3)n2)CCN1C(=O)C1=NCCC(c2cccc(Cl)c2)=CN1. The number of amidine groups is 1. The second-order valence-corrected chi connectivity index (χ2v) is 10.8. The summed E-state index contributed by atoms with van der Waals surface area (Å²) in [6.07, 6.45) is 4.87. The summed E-state index contributed by atoms with van der Waals surface area (Å²) in [4.78, 5) is 41.9. The molecule has 1 aromatic heterocycles. The molecule has 2 fully saturated rings. The number of carbonyl (C=O) groups excluding carboxylic acids is 2. The molecule has 5 rings (SSSR count). The van der Waals surface area contributed by atoms with Crippen LogP contribution in [-0.2, 0) is 4.79 Å². The molecule has 8 nitrogen and oxygen atoms in total. The highest BCUT2D eigenvalue weighted by Gasteiger charge is 2.40. The van der Waals surface area contributed by atoms with Crippen molar-refractivity contribution in [2.45, 2.75) is 38.6 Å². The van der Waals surface area contributed by atoms with Gasteiger partial charge in [-0.2, -0.15) is 0 Å². The molecule has 2 aromatic rings. The number of amides is 2. The highest BCUT2D eigenvalue weighted by molar-refractivity contribution is 6.38. The van der Waals surface area contributed by atoms with E-state index >= 15 is 0 Å². The number of hydrogen-bond acceptors (Lipinski definition) is 6. The molecule has 0 radical (unpaired) electrons. The molecule has 0 unspecified atom stereocenters. The third-order valence-corrected chi connectivity index (χ3v) is 7.49. The maximum Gasteiger partial charge on any atom is 0.289 e. The van der Waals surface area contributed by atoms with Crippen molar-refractivity contribution in [3.05, 3.63) is 64.9 Å². The molecular formula is C28H33ClN6O2. The van der Waals surface area contributed by atoms with Gasteiger partial charge in [0.1, 0.15) is 11.5 Å². The summed E-state index contributed by atoms with van der Waals surface area (Å²) < 4.78 is 0. The molecule has 37 heavy (non-hydrogen) atoms. The smallest absolute Gasteiger partial charge is 0.289 e. The van der Waals surface area contributed by atoms with Gasteiger partial charge in [0.05, 0.1) is 5.54 Å². The van der Waals surface area contributed by atoms with Crippen LogP contribution in [0.1, 0.15) is 49.2 Å². The van der Waals surface area contributed by atoms with Crippen LogP contribution in [-0.4, -0.2) is 77.2 Å². The number of carbonyl (C=O) groups is 2. The number of piperazine rings is 1. The van der Waals surface area contributed by atoms with Gasteiger partial charge in [-0.1, -0.05) is 29.8 Å². The van der Waals surface area contributed by atoms with E-state index < -0.39 is 5.54 Å². The van der Waals surface area contributed by atoms with Gasteiger partial charge in [-0.3, -0.25) is 14.6 Å². The van der Waals surface area contributed by atoms with Gasteiger partial charge in [0.25, 0.3) is 11.8 Å². The number of halogens is 1. The summed E-state index contributed by atoms with van der Waals surface area (Å²) in [5, 5.41) is 3.81. The molecule has 0 aliphatic carbocycles. The molecule has 0 spiro atoms. The zero-order valence-corrected chi connectivity index (χ0v) is 22.2. The highest BCUT2D eigenvalue weighted by Crippen LogP contribution is 2.25. The predicted molar refractivity (Wildman–Crippen MR) is 147 cm³/mol. The molecule has 3 aliphatic rings. The molecule has 0 bridgehead atoms. The van der Waals surface area contributed by atoms with Crippen molar-refractivity contribution in [2.24, 2.45) is 4.99 Å². The van der Waals surface area contributed by atoms with E-state index in [1.807, 2.05) is 61.3 Å². The largest absolute Gasteiger partial charge is 0.357 e. The van der Waals surface area contributed by atoms with E-state index in [1.54, 1.807) is 11.0 Å². The first-order valence-corrected chi connectivity index (χ1v) is 13.3. The van der Waals surface area contributed by atoms with E-state index in [0.29, 0.717) is 49.2 Å². The highest BCUT2D eigenvalue weighted by atomic mass is 35.5. The van der Waals surface area contributed by atoms with Crippen LogP contribution >= 0.6 is 11.6 Å². The standard InChI is InChI=1S/C28H33ClN6O2/c1-28(2)19-34(26(36)23-9-6-10-24(32-23)33-13-3-4-14-33)15-16-35(28)27(37)25-30-12-11-21(18-31-25)20-7-5-8-22(29)17-20/h5-10,17-18H,3-4,11-16,19H2,1-2H3,(H,30,31). The Morgan fingerprint density at radius 2 is 1.78 bits per heavy atom. The zero-order valence-electron chi connectivity index (χ0n) is 21.4. The predicted octanol–water partition coefficient (Wildman–Crippen LogP) is 3.83. The Morgan fingerprint density at radius 3 is 2.54 bits per heavy atom. The normalized spacial score (nSPS) is 19.6. The molecule has 1 N–H and O–H groups in total. The third-order valence-electron chi connectivity index (χ3n) is 7.25. The van der Waals surface area contributed by atoms with E-state index in [9.17, 15) is 9.59 Å². The summed E-state index contributed by atoms with van der Waals surface area (Å²) >= 11 is 6.16. The lowest BCUT2D eigenvalue weighted by molar-refractivity contribution is -0.132. The van der Waals surface area contributed by atoms with Gasteiger partial charge in [0, 0.05) is 50.5 Å². The minimum atomic E-state index is -0.562. The van der Waals surface area contributed by atoms with Crippen LogP contribution in [0.5, 0.6) is 0 Å². The molecular weight excluding hydrogens is 488 g/mol. The Morgan fingerprint density at radius 1 is 1.00 bits per heavy atom. The zero-order chi connectivity index (χ0) is 26.0. The lowest BCUT2D eigenvalue weighted by Crippen LogP contribution is -2.64. The molecule has 4 heterocycles. The number of anilines is 1. The van der Waals surface area contributed by atoms with Gasteiger partial charge < -0.3 is 20.0 Å². The van der Waals surface area contributed by atoms with Crippen LogP contribution in [0.2, 0.25) is 5.02 Å². The van der Waals surface area contributed by atoms with Crippen LogP contribution in [0.4, 0.5) is 5.82 Å². The first-order valence-electron chi connectivity index (χ1n) is 12.9. The maximum absolute atomic E-state index is 13.5. The summed E-state index contributed by atoms with van der Waals surface area (Å²) in [6.45, 7) is 7.73. The number of aromatic nitrogens is 1. The van der Waals surface area contributed by atoms with Gasteiger partial charge >= 0.3 is 0 Å².